The second kappa shape index (κ2) is 6.91. The van der Waals surface area contributed by atoms with Crippen molar-refractivity contribution in [2.24, 2.45) is 0 Å². The van der Waals surface area contributed by atoms with Gasteiger partial charge in [-0.15, -0.1) is 0 Å². The highest BCUT2D eigenvalue weighted by Gasteiger charge is 2.09. The van der Waals surface area contributed by atoms with Gasteiger partial charge in [-0.05, 0) is 30.3 Å². The van der Waals surface area contributed by atoms with Crippen LogP contribution in [-0.2, 0) is 6.54 Å². The number of hydrogen-bond donors (Lipinski definition) is 0. The number of halogens is 3. The van der Waals surface area contributed by atoms with Crippen molar-refractivity contribution in [1.29, 1.82) is 0 Å². The molecule has 0 bridgehead atoms. The van der Waals surface area contributed by atoms with Gasteiger partial charge in [-0.2, -0.15) is 0 Å². The molecule has 0 radical (unpaired) electrons. The van der Waals surface area contributed by atoms with E-state index >= 15 is 0 Å². The zero-order valence-electron chi connectivity index (χ0n) is 11.8. The molecule has 4 nitrogen and oxygen atoms in total. The van der Waals surface area contributed by atoms with Gasteiger partial charge in [-0.25, -0.2) is 4.98 Å². The van der Waals surface area contributed by atoms with E-state index in [1.54, 1.807) is 12.1 Å². The lowest BCUT2D eigenvalue weighted by atomic mass is 10.2. The van der Waals surface area contributed by atoms with Gasteiger partial charge in [0.15, 0.2) is 0 Å². The van der Waals surface area contributed by atoms with Gasteiger partial charge in [0.1, 0.15) is 12.4 Å². The highest BCUT2D eigenvalue weighted by atomic mass is 79.9. The molecule has 0 N–H and O–H groups in total. The van der Waals surface area contributed by atoms with E-state index in [4.69, 9.17) is 27.9 Å². The fourth-order valence-electron chi connectivity index (χ4n) is 2.17. The summed E-state index contributed by atoms with van der Waals surface area (Å²) in [6.07, 6.45) is 1.47. The summed E-state index contributed by atoms with van der Waals surface area (Å²) in [6, 6.07) is 10.7. The van der Waals surface area contributed by atoms with E-state index in [0.29, 0.717) is 34.1 Å². The molecule has 0 saturated carbocycles. The first-order valence-electron chi connectivity index (χ1n) is 6.77. The minimum Gasteiger partial charge on any atom is -0.492 e. The monoisotopic (exact) mass is 412 g/mol. The Bertz CT molecular complexity index is 928. The molecule has 0 unspecified atom stereocenters. The maximum absolute atomic E-state index is 12.5. The maximum atomic E-state index is 12.5. The van der Waals surface area contributed by atoms with Crippen molar-refractivity contribution in [2.45, 2.75) is 6.54 Å². The minimum absolute atomic E-state index is 0.197. The van der Waals surface area contributed by atoms with Crippen molar-refractivity contribution in [3.8, 4) is 5.75 Å². The number of benzene rings is 2. The van der Waals surface area contributed by atoms with E-state index in [2.05, 4.69) is 20.9 Å². The fourth-order valence-corrected chi connectivity index (χ4v) is 3.09. The van der Waals surface area contributed by atoms with E-state index < -0.39 is 0 Å². The van der Waals surface area contributed by atoms with Crippen LogP contribution in [0.5, 0.6) is 5.75 Å². The van der Waals surface area contributed by atoms with Gasteiger partial charge < -0.3 is 4.74 Å². The number of rotatable bonds is 4. The lowest BCUT2D eigenvalue weighted by Gasteiger charge is -2.09. The SMILES string of the molecule is O=c1c2cc(Cl)cc(Cl)c2ncn1CCOc1cccc(Br)c1. The highest BCUT2D eigenvalue weighted by Crippen LogP contribution is 2.24. The van der Waals surface area contributed by atoms with E-state index in [0.717, 1.165) is 10.2 Å². The summed E-state index contributed by atoms with van der Waals surface area (Å²) in [7, 11) is 0. The Balaban J connectivity index is 1.81. The van der Waals surface area contributed by atoms with Crippen molar-refractivity contribution >= 4 is 50.0 Å². The van der Waals surface area contributed by atoms with E-state index in [1.807, 2.05) is 24.3 Å². The third kappa shape index (κ3) is 3.68. The zero-order chi connectivity index (χ0) is 16.4. The summed E-state index contributed by atoms with van der Waals surface area (Å²) < 4.78 is 8.05. The summed E-state index contributed by atoms with van der Waals surface area (Å²) in [5.41, 5.74) is 0.252. The lowest BCUT2D eigenvalue weighted by molar-refractivity contribution is 0.296. The van der Waals surface area contributed by atoms with Crippen LogP contribution in [-0.4, -0.2) is 16.2 Å². The molecule has 0 amide bonds. The van der Waals surface area contributed by atoms with Crippen LogP contribution < -0.4 is 10.3 Å². The first-order chi connectivity index (χ1) is 11.0. The van der Waals surface area contributed by atoms with Crippen LogP contribution in [0.2, 0.25) is 10.0 Å². The van der Waals surface area contributed by atoms with Crippen LogP contribution in [0, 0.1) is 0 Å². The van der Waals surface area contributed by atoms with Crippen LogP contribution in [0.4, 0.5) is 0 Å². The van der Waals surface area contributed by atoms with Gasteiger partial charge in [0.05, 0.1) is 28.8 Å². The van der Waals surface area contributed by atoms with Gasteiger partial charge in [0.2, 0.25) is 0 Å². The molecule has 0 spiro atoms. The highest BCUT2D eigenvalue weighted by molar-refractivity contribution is 9.10. The summed E-state index contributed by atoms with van der Waals surface area (Å²) in [5, 5.41) is 1.17. The second-order valence-electron chi connectivity index (χ2n) is 4.83. The van der Waals surface area contributed by atoms with Crippen LogP contribution in [0.1, 0.15) is 0 Å². The summed E-state index contributed by atoms with van der Waals surface area (Å²) in [5.74, 6) is 0.729. The van der Waals surface area contributed by atoms with Gasteiger partial charge >= 0.3 is 0 Å². The van der Waals surface area contributed by atoms with Crippen LogP contribution in [0.3, 0.4) is 0 Å². The average Bonchev–Trinajstić information content (AvgIpc) is 2.50. The molecule has 2 aromatic carbocycles. The largest absolute Gasteiger partial charge is 0.492 e. The molecular formula is C16H11BrCl2N2O2. The van der Waals surface area contributed by atoms with Crippen LogP contribution in [0.15, 0.2) is 52.0 Å². The molecule has 3 aromatic rings. The van der Waals surface area contributed by atoms with Crippen molar-refractivity contribution in [3.63, 3.8) is 0 Å². The first kappa shape index (κ1) is 16.3. The summed E-state index contributed by atoms with van der Waals surface area (Å²) in [6.45, 7) is 0.719. The van der Waals surface area contributed by atoms with E-state index in [1.165, 1.54) is 10.9 Å². The predicted octanol–water partition coefficient (Wildman–Crippen LogP) is 4.54. The molecule has 1 heterocycles. The van der Waals surface area contributed by atoms with Crippen LogP contribution in [0.25, 0.3) is 10.9 Å². The fraction of sp³-hybridized carbons (Fsp3) is 0.125. The van der Waals surface area contributed by atoms with Gasteiger partial charge in [-0.1, -0.05) is 45.2 Å². The first-order valence-corrected chi connectivity index (χ1v) is 8.32. The Kier molecular flexibility index (Phi) is 4.90. The minimum atomic E-state index is -0.197. The van der Waals surface area contributed by atoms with Gasteiger partial charge in [0.25, 0.3) is 5.56 Å². The van der Waals surface area contributed by atoms with Crippen molar-refractivity contribution in [3.05, 3.63) is 67.6 Å². The lowest BCUT2D eigenvalue weighted by Crippen LogP contribution is -2.23. The Morgan fingerprint density at radius 2 is 2.04 bits per heavy atom. The predicted molar refractivity (Wildman–Crippen MR) is 95.7 cm³/mol. The average molecular weight is 414 g/mol. The number of nitrogens with zero attached hydrogens (tertiary/aromatic N) is 2. The molecule has 0 aliphatic rings. The van der Waals surface area contributed by atoms with E-state index in [-0.39, 0.29) is 5.56 Å². The molecule has 0 saturated heterocycles. The molecule has 118 valence electrons. The van der Waals surface area contributed by atoms with Gasteiger partial charge in [0, 0.05) is 9.50 Å². The molecule has 0 fully saturated rings. The zero-order valence-corrected chi connectivity index (χ0v) is 14.9. The topological polar surface area (TPSA) is 44.1 Å². The molecule has 0 atom stereocenters. The maximum Gasteiger partial charge on any atom is 0.261 e. The number of hydrogen-bond acceptors (Lipinski definition) is 3. The normalized spacial score (nSPS) is 10.9. The smallest absolute Gasteiger partial charge is 0.261 e. The Labute approximate surface area is 150 Å². The van der Waals surface area contributed by atoms with Gasteiger partial charge in [-0.3, -0.25) is 9.36 Å². The summed E-state index contributed by atoms with van der Waals surface area (Å²) >= 11 is 15.4. The molecular weight excluding hydrogens is 403 g/mol. The Morgan fingerprint density at radius 1 is 1.22 bits per heavy atom. The van der Waals surface area contributed by atoms with E-state index in [9.17, 15) is 4.79 Å². The quantitative estimate of drug-likeness (QED) is 0.630. The van der Waals surface area contributed by atoms with Crippen LogP contribution >= 0.6 is 39.1 Å². The third-order valence-electron chi connectivity index (χ3n) is 3.24. The third-order valence-corrected chi connectivity index (χ3v) is 4.24. The number of ether oxygens (including phenoxy) is 1. The Hall–Kier alpha value is -1.56. The molecule has 3 rings (SSSR count). The molecule has 7 heteroatoms. The Morgan fingerprint density at radius 3 is 2.83 bits per heavy atom. The number of aromatic nitrogens is 2. The molecule has 23 heavy (non-hydrogen) atoms. The van der Waals surface area contributed by atoms with Crippen molar-refractivity contribution in [2.75, 3.05) is 6.61 Å². The summed E-state index contributed by atoms with van der Waals surface area (Å²) in [4.78, 5) is 16.7. The van der Waals surface area contributed by atoms with Crippen molar-refractivity contribution in [1.82, 2.24) is 9.55 Å². The standard InChI is InChI=1S/C16H11BrCl2N2O2/c17-10-2-1-3-12(6-10)23-5-4-21-9-20-15-13(16(21)22)7-11(18)8-14(15)19/h1-3,6-9H,4-5H2. The number of fused-ring (bicyclic) bond motifs is 1. The van der Waals surface area contributed by atoms with Crippen molar-refractivity contribution < 1.29 is 4.74 Å². The molecule has 0 aliphatic carbocycles. The molecule has 1 aromatic heterocycles. The second-order valence-corrected chi connectivity index (χ2v) is 6.59. The molecule has 0 aliphatic heterocycles.